The van der Waals surface area contributed by atoms with Crippen molar-refractivity contribution in [2.24, 2.45) is 7.05 Å². The molecule has 0 spiro atoms. The second kappa shape index (κ2) is 7.61. The summed E-state index contributed by atoms with van der Waals surface area (Å²) in [7, 11) is 1.83. The number of nitrogens with one attached hydrogen (secondary N) is 1. The minimum Gasteiger partial charge on any atom is -0.471 e. The van der Waals surface area contributed by atoms with Crippen LogP contribution in [-0.4, -0.2) is 25.5 Å². The zero-order valence-corrected chi connectivity index (χ0v) is 15.6. The molecule has 0 fully saturated rings. The molecule has 1 N–H and O–H groups in total. The largest absolute Gasteiger partial charge is 0.471 e. The van der Waals surface area contributed by atoms with Crippen LogP contribution in [0.3, 0.4) is 0 Å². The van der Waals surface area contributed by atoms with Gasteiger partial charge in [0.2, 0.25) is 0 Å². The lowest BCUT2D eigenvalue weighted by Crippen LogP contribution is -2.23. The maximum Gasteiger partial charge on any atom is 0.272 e. The molecule has 0 bridgehead atoms. The molecule has 1 amide bonds. The predicted octanol–water partition coefficient (Wildman–Crippen LogP) is 2.85. The van der Waals surface area contributed by atoms with Crippen LogP contribution in [0.15, 0.2) is 36.8 Å². The number of hydrogen-bond donors (Lipinski definition) is 1. The maximum absolute atomic E-state index is 12.2. The molecule has 3 aromatic rings. The monoisotopic (exact) mass is 373 g/mol. The molecule has 8 heteroatoms. The van der Waals surface area contributed by atoms with Gasteiger partial charge in [-0.05, 0) is 43.2 Å². The van der Waals surface area contributed by atoms with Crippen LogP contribution in [0.1, 0.15) is 27.2 Å². The smallest absolute Gasteiger partial charge is 0.272 e. The Bertz CT molecular complexity index is 908. The molecular formula is C18H20ClN5O2. The molecule has 7 nitrogen and oxygen atoms in total. The standard InChI is InChI=1S/C18H20ClN5O2/c1-12-6-15(7-13(2)17(12)19)26-11-24-5-4-16(22-24)18(25)20-8-14-9-21-23(3)10-14/h4-7,9-10H,8,11H2,1-3H3,(H,20,25). The van der Waals surface area contributed by atoms with Crippen LogP contribution in [-0.2, 0) is 20.3 Å². The number of amides is 1. The topological polar surface area (TPSA) is 74.0 Å². The lowest BCUT2D eigenvalue weighted by atomic mass is 10.1. The molecule has 2 heterocycles. The molecule has 0 saturated heterocycles. The van der Waals surface area contributed by atoms with Gasteiger partial charge in [0.25, 0.3) is 5.91 Å². The molecule has 1 aromatic carbocycles. The van der Waals surface area contributed by atoms with Gasteiger partial charge in [0.1, 0.15) is 11.4 Å². The number of carbonyl (C=O) groups is 1. The van der Waals surface area contributed by atoms with E-state index in [1.54, 1.807) is 27.8 Å². The fraction of sp³-hybridized carbons (Fsp3) is 0.278. The van der Waals surface area contributed by atoms with Crippen molar-refractivity contribution in [1.29, 1.82) is 0 Å². The van der Waals surface area contributed by atoms with E-state index in [2.05, 4.69) is 15.5 Å². The second-order valence-corrected chi connectivity index (χ2v) is 6.47. The lowest BCUT2D eigenvalue weighted by Gasteiger charge is -2.10. The Hall–Kier alpha value is -2.80. The Balaban J connectivity index is 1.56. The summed E-state index contributed by atoms with van der Waals surface area (Å²) in [6.45, 7) is 4.47. The first kappa shape index (κ1) is 18.0. The van der Waals surface area contributed by atoms with Crippen molar-refractivity contribution in [2.75, 3.05) is 0 Å². The van der Waals surface area contributed by atoms with E-state index in [0.29, 0.717) is 18.0 Å². The third-order valence-electron chi connectivity index (χ3n) is 3.86. The minimum atomic E-state index is -0.245. The Morgan fingerprint density at radius 3 is 2.69 bits per heavy atom. The lowest BCUT2D eigenvalue weighted by molar-refractivity contribution is 0.0944. The van der Waals surface area contributed by atoms with Crippen molar-refractivity contribution in [3.63, 3.8) is 0 Å². The molecule has 0 atom stereocenters. The fourth-order valence-electron chi connectivity index (χ4n) is 2.52. The third-order valence-corrected chi connectivity index (χ3v) is 4.45. The van der Waals surface area contributed by atoms with E-state index in [1.807, 2.05) is 39.2 Å². The van der Waals surface area contributed by atoms with E-state index in [0.717, 1.165) is 21.7 Å². The molecular weight excluding hydrogens is 354 g/mol. The van der Waals surface area contributed by atoms with E-state index >= 15 is 0 Å². The number of carbonyl (C=O) groups excluding carboxylic acids is 1. The van der Waals surface area contributed by atoms with Crippen molar-refractivity contribution in [3.05, 3.63) is 64.2 Å². The first-order valence-electron chi connectivity index (χ1n) is 8.11. The summed E-state index contributed by atoms with van der Waals surface area (Å²) in [6.07, 6.45) is 5.26. The summed E-state index contributed by atoms with van der Waals surface area (Å²) < 4.78 is 8.99. The molecule has 0 aliphatic heterocycles. The van der Waals surface area contributed by atoms with Gasteiger partial charge in [0, 0.05) is 36.6 Å². The summed E-state index contributed by atoms with van der Waals surface area (Å²) in [5.74, 6) is 0.466. The molecule has 3 rings (SSSR count). The van der Waals surface area contributed by atoms with E-state index in [9.17, 15) is 4.79 Å². The molecule has 0 unspecified atom stereocenters. The van der Waals surface area contributed by atoms with E-state index in [-0.39, 0.29) is 12.6 Å². The highest BCUT2D eigenvalue weighted by Crippen LogP contribution is 2.25. The van der Waals surface area contributed by atoms with Crippen molar-refractivity contribution in [3.8, 4) is 5.75 Å². The molecule has 136 valence electrons. The van der Waals surface area contributed by atoms with Gasteiger partial charge in [0.15, 0.2) is 6.73 Å². The second-order valence-electron chi connectivity index (χ2n) is 6.09. The van der Waals surface area contributed by atoms with Crippen LogP contribution in [0.4, 0.5) is 0 Å². The highest BCUT2D eigenvalue weighted by atomic mass is 35.5. The molecule has 26 heavy (non-hydrogen) atoms. The van der Waals surface area contributed by atoms with Crippen LogP contribution in [0, 0.1) is 13.8 Å². The van der Waals surface area contributed by atoms with E-state index in [4.69, 9.17) is 16.3 Å². The maximum atomic E-state index is 12.2. The number of nitrogens with zero attached hydrogens (tertiary/aromatic N) is 4. The van der Waals surface area contributed by atoms with Gasteiger partial charge in [0.05, 0.1) is 6.20 Å². The Kier molecular flexibility index (Phi) is 5.27. The first-order valence-corrected chi connectivity index (χ1v) is 8.49. The number of benzene rings is 1. The average Bonchev–Trinajstić information content (AvgIpc) is 3.24. The van der Waals surface area contributed by atoms with Gasteiger partial charge in [-0.25, -0.2) is 4.68 Å². The number of aryl methyl sites for hydroxylation is 3. The SMILES string of the molecule is Cc1cc(OCn2ccc(C(=O)NCc3cnn(C)c3)n2)cc(C)c1Cl. The normalized spacial score (nSPS) is 10.8. The van der Waals surface area contributed by atoms with Crippen LogP contribution in [0.2, 0.25) is 5.02 Å². The quantitative estimate of drug-likeness (QED) is 0.721. The van der Waals surface area contributed by atoms with Crippen LogP contribution in [0.25, 0.3) is 0 Å². The number of ether oxygens (including phenoxy) is 1. The van der Waals surface area contributed by atoms with Gasteiger partial charge < -0.3 is 10.1 Å². The van der Waals surface area contributed by atoms with Crippen molar-refractivity contribution in [2.45, 2.75) is 27.1 Å². The number of rotatable bonds is 6. The predicted molar refractivity (Wildman–Crippen MR) is 98.2 cm³/mol. The van der Waals surface area contributed by atoms with Crippen LogP contribution in [0.5, 0.6) is 5.75 Å². The summed E-state index contributed by atoms with van der Waals surface area (Å²) in [4.78, 5) is 12.2. The van der Waals surface area contributed by atoms with Crippen molar-refractivity contribution >= 4 is 17.5 Å². The summed E-state index contributed by atoms with van der Waals surface area (Å²) in [5.41, 5.74) is 3.17. The van der Waals surface area contributed by atoms with Crippen LogP contribution < -0.4 is 10.1 Å². The fourth-order valence-corrected chi connectivity index (χ4v) is 2.63. The van der Waals surface area contributed by atoms with Gasteiger partial charge in [-0.15, -0.1) is 0 Å². The Labute approximate surface area is 156 Å². The van der Waals surface area contributed by atoms with Gasteiger partial charge in [-0.2, -0.15) is 10.2 Å². The van der Waals surface area contributed by atoms with Crippen molar-refractivity contribution in [1.82, 2.24) is 24.9 Å². The zero-order chi connectivity index (χ0) is 18.7. The van der Waals surface area contributed by atoms with Gasteiger partial charge in [-0.3, -0.25) is 9.48 Å². The third kappa shape index (κ3) is 4.23. The molecule has 0 aliphatic carbocycles. The average molecular weight is 374 g/mol. The molecule has 0 radical (unpaired) electrons. The summed E-state index contributed by atoms with van der Waals surface area (Å²) in [6, 6.07) is 5.40. The van der Waals surface area contributed by atoms with E-state index in [1.165, 1.54) is 0 Å². The molecule has 2 aromatic heterocycles. The Morgan fingerprint density at radius 2 is 2.04 bits per heavy atom. The summed E-state index contributed by atoms with van der Waals surface area (Å²) >= 11 is 6.16. The molecule has 0 aliphatic rings. The van der Waals surface area contributed by atoms with Gasteiger partial charge in [-0.1, -0.05) is 11.6 Å². The number of halogens is 1. The van der Waals surface area contributed by atoms with E-state index < -0.39 is 0 Å². The minimum absolute atomic E-state index is 0.205. The van der Waals surface area contributed by atoms with Gasteiger partial charge >= 0.3 is 0 Å². The first-order chi connectivity index (χ1) is 12.4. The number of aromatic nitrogens is 4. The zero-order valence-electron chi connectivity index (χ0n) is 14.9. The Morgan fingerprint density at radius 1 is 1.31 bits per heavy atom. The van der Waals surface area contributed by atoms with Crippen molar-refractivity contribution < 1.29 is 9.53 Å². The highest BCUT2D eigenvalue weighted by molar-refractivity contribution is 6.32. The highest BCUT2D eigenvalue weighted by Gasteiger charge is 2.10. The number of hydrogen-bond acceptors (Lipinski definition) is 4. The van der Waals surface area contributed by atoms with Crippen LogP contribution >= 0.6 is 11.6 Å². The summed E-state index contributed by atoms with van der Waals surface area (Å²) in [5, 5.41) is 11.9. The molecule has 0 saturated carbocycles.